The Hall–Kier alpha value is -0.960. The summed E-state index contributed by atoms with van der Waals surface area (Å²) in [6, 6.07) is 0. The van der Waals surface area contributed by atoms with Gasteiger partial charge in [0.05, 0.1) is 0 Å². The first kappa shape index (κ1) is 11.1. The molecular formula is C11H20N2O. The number of nitrogens with zero attached hydrogens (tertiary/aromatic N) is 1. The molecule has 0 aromatic rings. The van der Waals surface area contributed by atoms with E-state index in [1.807, 2.05) is 25.8 Å². The van der Waals surface area contributed by atoms with Crippen molar-refractivity contribution >= 4 is 0 Å². The van der Waals surface area contributed by atoms with Crippen molar-refractivity contribution in [2.75, 3.05) is 0 Å². The normalized spacial score (nSPS) is 20.0. The summed E-state index contributed by atoms with van der Waals surface area (Å²) in [6.07, 6.45) is 0.261. The van der Waals surface area contributed by atoms with Gasteiger partial charge in [0.1, 0.15) is 6.23 Å². The number of hydrazine groups is 1. The Morgan fingerprint density at radius 3 is 2.29 bits per heavy atom. The van der Waals surface area contributed by atoms with Crippen LogP contribution in [0.2, 0.25) is 0 Å². The fourth-order valence-electron chi connectivity index (χ4n) is 1.56. The van der Waals surface area contributed by atoms with E-state index in [2.05, 4.69) is 19.3 Å². The lowest BCUT2D eigenvalue weighted by Gasteiger charge is -2.36. The van der Waals surface area contributed by atoms with Crippen LogP contribution in [0.5, 0.6) is 0 Å². The average molecular weight is 196 g/mol. The van der Waals surface area contributed by atoms with E-state index in [1.54, 1.807) is 0 Å². The molecule has 0 amide bonds. The van der Waals surface area contributed by atoms with Crippen LogP contribution in [0, 0.1) is 0 Å². The molecule has 0 aromatic carbocycles. The standard InChI is InChI=1S/C11H20N2O/c1-6-11(14)13-10(5)8(3)7(2)9(4)12-13/h11-12,14H,6H2,1-5H3. The summed E-state index contributed by atoms with van der Waals surface area (Å²) in [6.45, 7) is 10.2. The Morgan fingerprint density at radius 1 is 1.21 bits per heavy atom. The van der Waals surface area contributed by atoms with E-state index >= 15 is 0 Å². The zero-order valence-electron chi connectivity index (χ0n) is 9.68. The molecule has 1 rings (SSSR count). The van der Waals surface area contributed by atoms with Crippen molar-refractivity contribution in [2.45, 2.75) is 47.3 Å². The third-order valence-electron chi connectivity index (χ3n) is 2.98. The summed E-state index contributed by atoms with van der Waals surface area (Å²) >= 11 is 0. The van der Waals surface area contributed by atoms with Crippen molar-refractivity contribution in [1.29, 1.82) is 0 Å². The van der Waals surface area contributed by atoms with Gasteiger partial charge in [0, 0.05) is 11.4 Å². The van der Waals surface area contributed by atoms with Gasteiger partial charge in [-0.25, -0.2) is 0 Å². The van der Waals surface area contributed by atoms with Crippen molar-refractivity contribution in [3.63, 3.8) is 0 Å². The molecule has 0 fully saturated rings. The van der Waals surface area contributed by atoms with Gasteiger partial charge in [-0.1, -0.05) is 6.92 Å². The van der Waals surface area contributed by atoms with E-state index < -0.39 is 6.23 Å². The SMILES string of the molecule is CCC(O)N1NC(C)=C(C)C(C)=C1C. The Kier molecular flexibility index (Phi) is 3.21. The number of rotatable bonds is 2. The summed E-state index contributed by atoms with van der Waals surface area (Å²) < 4.78 is 0. The molecule has 0 aromatic heterocycles. The third-order valence-corrected chi connectivity index (χ3v) is 2.98. The minimum absolute atomic E-state index is 0.451. The van der Waals surface area contributed by atoms with E-state index in [-0.39, 0.29) is 0 Å². The average Bonchev–Trinajstić information content (AvgIpc) is 2.19. The number of aliphatic hydroxyl groups is 1. The Morgan fingerprint density at radius 2 is 1.79 bits per heavy atom. The van der Waals surface area contributed by atoms with Crippen LogP contribution >= 0.6 is 0 Å². The van der Waals surface area contributed by atoms with E-state index in [1.165, 1.54) is 11.1 Å². The lowest BCUT2D eigenvalue weighted by atomic mass is 10.0. The number of hydrogen-bond donors (Lipinski definition) is 2. The van der Waals surface area contributed by atoms with Gasteiger partial charge in [0.15, 0.2) is 0 Å². The molecule has 1 aliphatic rings. The number of aliphatic hydroxyl groups excluding tert-OH is 1. The summed E-state index contributed by atoms with van der Waals surface area (Å²) in [5.41, 5.74) is 7.92. The first-order chi connectivity index (χ1) is 6.49. The van der Waals surface area contributed by atoms with Gasteiger partial charge >= 0.3 is 0 Å². The largest absolute Gasteiger partial charge is 0.372 e. The molecule has 1 atom stereocenters. The molecule has 80 valence electrons. The molecule has 0 saturated carbocycles. The van der Waals surface area contributed by atoms with Crippen molar-refractivity contribution < 1.29 is 5.11 Å². The zero-order valence-corrected chi connectivity index (χ0v) is 9.68. The molecule has 14 heavy (non-hydrogen) atoms. The summed E-state index contributed by atoms with van der Waals surface area (Å²) in [4.78, 5) is 0. The first-order valence-electron chi connectivity index (χ1n) is 5.08. The molecule has 0 radical (unpaired) electrons. The zero-order chi connectivity index (χ0) is 10.9. The van der Waals surface area contributed by atoms with Crippen LogP contribution < -0.4 is 5.43 Å². The molecule has 1 aliphatic heterocycles. The monoisotopic (exact) mass is 196 g/mol. The fourth-order valence-corrected chi connectivity index (χ4v) is 1.56. The highest BCUT2D eigenvalue weighted by Gasteiger charge is 2.21. The van der Waals surface area contributed by atoms with Gasteiger partial charge < -0.3 is 10.5 Å². The van der Waals surface area contributed by atoms with Crippen molar-refractivity contribution in [3.8, 4) is 0 Å². The van der Waals surface area contributed by atoms with E-state index in [4.69, 9.17) is 0 Å². The molecule has 1 heterocycles. The lowest BCUT2D eigenvalue weighted by Crippen LogP contribution is -2.45. The summed E-state index contributed by atoms with van der Waals surface area (Å²) in [7, 11) is 0. The molecular weight excluding hydrogens is 176 g/mol. The van der Waals surface area contributed by atoms with Gasteiger partial charge in [-0.05, 0) is 45.3 Å². The maximum absolute atomic E-state index is 9.78. The van der Waals surface area contributed by atoms with Gasteiger partial charge in [-0.3, -0.25) is 5.01 Å². The molecule has 0 saturated heterocycles. The second kappa shape index (κ2) is 4.05. The van der Waals surface area contributed by atoms with E-state index in [0.717, 1.165) is 11.4 Å². The van der Waals surface area contributed by atoms with Gasteiger partial charge in [-0.15, -0.1) is 0 Å². The van der Waals surface area contributed by atoms with Gasteiger partial charge in [-0.2, -0.15) is 0 Å². The highest BCUT2D eigenvalue weighted by atomic mass is 16.3. The first-order valence-corrected chi connectivity index (χ1v) is 5.08. The Balaban J connectivity index is 2.99. The topological polar surface area (TPSA) is 35.5 Å². The van der Waals surface area contributed by atoms with Crippen LogP contribution in [0.4, 0.5) is 0 Å². The number of nitrogens with one attached hydrogen (secondary N) is 1. The highest BCUT2D eigenvalue weighted by Crippen LogP contribution is 2.24. The molecule has 3 nitrogen and oxygen atoms in total. The van der Waals surface area contributed by atoms with Gasteiger partial charge in [0.2, 0.25) is 0 Å². The van der Waals surface area contributed by atoms with Crippen LogP contribution in [-0.2, 0) is 0 Å². The van der Waals surface area contributed by atoms with Crippen LogP contribution in [0.25, 0.3) is 0 Å². The predicted molar refractivity (Wildman–Crippen MR) is 58.0 cm³/mol. The smallest absolute Gasteiger partial charge is 0.144 e. The molecule has 2 N–H and O–H groups in total. The van der Waals surface area contributed by atoms with Crippen molar-refractivity contribution in [3.05, 3.63) is 22.5 Å². The lowest BCUT2D eigenvalue weighted by molar-refractivity contribution is -0.00273. The molecule has 1 unspecified atom stereocenters. The number of allylic oxidation sites excluding steroid dienone is 4. The van der Waals surface area contributed by atoms with Crippen molar-refractivity contribution in [2.24, 2.45) is 0 Å². The van der Waals surface area contributed by atoms with E-state index in [0.29, 0.717) is 6.42 Å². The summed E-state index contributed by atoms with van der Waals surface area (Å²) in [5, 5.41) is 11.6. The molecule has 0 bridgehead atoms. The van der Waals surface area contributed by atoms with E-state index in [9.17, 15) is 5.11 Å². The van der Waals surface area contributed by atoms with Crippen LogP contribution in [-0.4, -0.2) is 16.3 Å². The Bertz CT molecular complexity index is 292. The second-order valence-corrected chi connectivity index (χ2v) is 3.83. The fraction of sp³-hybridized carbons (Fsp3) is 0.636. The quantitative estimate of drug-likeness (QED) is 0.710. The second-order valence-electron chi connectivity index (χ2n) is 3.83. The number of hydrogen-bond acceptors (Lipinski definition) is 3. The highest BCUT2D eigenvalue weighted by molar-refractivity contribution is 5.36. The van der Waals surface area contributed by atoms with Crippen LogP contribution in [0.15, 0.2) is 22.5 Å². The summed E-state index contributed by atoms with van der Waals surface area (Å²) in [5.74, 6) is 0. The molecule has 0 spiro atoms. The minimum Gasteiger partial charge on any atom is -0.372 e. The van der Waals surface area contributed by atoms with Crippen LogP contribution in [0.1, 0.15) is 41.0 Å². The maximum Gasteiger partial charge on any atom is 0.144 e. The van der Waals surface area contributed by atoms with Gasteiger partial charge in [0.25, 0.3) is 0 Å². The molecule has 3 heteroatoms. The van der Waals surface area contributed by atoms with Crippen LogP contribution in [0.3, 0.4) is 0 Å². The minimum atomic E-state index is -0.451. The van der Waals surface area contributed by atoms with Crippen molar-refractivity contribution in [1.82, 2.24) is 10.4 Å². The maximum atomic E-state index is 9.78. The predicted octanol–water partition coefficient (Wildman–Crippen LogP) is 2.12. The Labute approximate surface area is 86.1 Å². The third kappa shape index (κ3) is 1.77. The molecule has 0 aliphatic carbocycles.